The number of carboxylic acids is 1. The van der Waals surface area contributed by atoms with Gasteiger partial charge in [-0.1, -0.05) is 23.7 Å². The van der Waals surface area contributed by atoms with Crippen molar-refractivity contribution in [1.29, 1.82) is 0 Å². The highest BCUT2D eigenvalue weighted by molar-refractivity contribution is 6.32. The molecule has 1 N–H and O–H groups in total. The van der Waals surface area contributed by atoms with Gasteiger partial charge < -0.3 is 5.11 Å². The van der Waals surface area contributed by atoms with E-state index in [0.29, 0.717) is 16.4 Å². The predicted molar refractivity (Wildman–Crippen MR) is 60.3 cm³/mol. The number of carboxylic acid groups (broad SMARTS) is 1. The highest BCUT2D eigenvalue weighted by atomic mass is 35.5. The molecule has 1 aromatic carbocycles. The van der Waals surface area contributed by atoms with Gasteiger partial charge in [-0.25, -0.2) is 9.48 Å². The minimum Gasteiger partial charge on any atom is -0.478 e. The number of hydrogen-bond acceptors (Lipinski definition) is 2. The second-order valence-corrected chi connectivity index (χ2v) is 3.74. The monoisotopic (exact) mass is 236 g/mol. The van der Waals surface area contributed by atoms with Crippen molar-refractivity contribution in [2.24, 2.45) is 0 Å². The molecule has 0 radical (unpaired) electrons. The Labute approximate surface area is 97.1 Å². The quantitative estimate of drug-likeness (QED) is 0.872. The summed E-state index contributed by atoms with van der Waals surface area (Å²) in [6.07, 6.45) is 1.46. The average Bonchev–Trinajstić information content (AvgIpc) is 2.61. The number of benzene rings is 1. The third kappa shape index (κ3) is 1.79. The van der Waals surface area contributed by atoms with Crippen LogP contribution in [0.3, 0.4) is 0 Å². The van der Waals surface area contributed by atoms with Crippen LogP contribution in [0.25, 0.3) is 5.69 Å². The van der Waals surface area contributed by atoms with Gasteiger partial charge in [-0.3, -0.25) is 0 Å². The Hall–Kier alpha value is -1.81. The summed E-state index contributed by atoms with van der Waals surface area (Å²) < 4.78 is 1.47. The minimum absolute atomic E-state index is 0.180. The number of aromatic nitrogens is 2. The number of nitrogens with zero attached hydrogens (tertiary/aromatic N) is 2. The second-order valence-electron chi connectivity index (χ2n) is 3.33. The van der Waals surface area contributed by atoms with Crippen LogP contribution in [0.4, 0.5) is 0 Å². The van der Waals surface area contributed by atoms with Crippen LogP contribution in [0, 0.1) is 6.92 Å². The van der Waals surface area contributed by atoms with Crippen molar-refractivity contribution in [3.8, 4) is 5.69 Å². The van der Waals surface area contributed by atoms with Crippen LogP contribution in [0.1, 0.15) is 16.1 Å². The highest BCUT2D eigenvalue weighted by Gasteiger charge is 2.13. The zero-order chi connectivity index (χ0) is 11.7. The standard InChI is InChI=1S/C11H9ClN2O2/c1-7-8(11(15)16)6-14(13-7)10-5-3-2-4-9(10)12/h2-6H,1H3,(H,15,16). The molecule has 0 atom stereocenters. The first-order valence-corrected chi connectivity index (χ1v) is 5.02. The SMILES string of the molecule is Cc1nn(-c2ccccc2Cl)cc1C(=O)O. The number of aromatic carboxylic acids is 1. The summed E-state index contributed by atoms with van der Waals surface area (Å²) in [5.74, 6) is -0.990. The smallest absolute Gasteiger partial charge is 0.339 e. The Bertz CT molecular complexity index is 549. The van der Waals surface area contributed by atoms with E-state index in [9.17, 15) is 4.79 Å². The third-order valence-corrected chi connectivity index (χ3v) is 2.55. The number of carbonyl (C=O) groups is 1. The maximum atomic E-state index is 10.9. The molecule has 2 aromatic rings. The summed E-state index contributed by atoms with van der Waals surface area (Å²) in [4.78, 5) is 10.9. The molecule has 0 aliphatic heterocycles. The first-order valence-electron chi connectivity index (χ1n) is 4.64. The van der Waals surface area contributed by atoms with Crippen LogP contribution >= 0.6 is 11.6 Å². The fourth-order valence-electron chi connectivity index (χ4n) is 1.43. The Morgan fingerprint density at radius 1 is 1.44 bits per heavy atom. The van der Waals surface area contributed by atoms with Crippen molar-refractivity contribution < 1.29 is 9.90 Å². The molecule has 82 valence electrons. The van der Waals surface area contributed by atoms with Gasteiger partial charge in [-0.2, -0.15) is 5.10 Å². The largest absolute Gasteiger partial charge is 0.478 e. The van der Waals surface area contributed by atoms with Gasteiger partial charge in [0.2, 0.25) is 0 Å². The number of hydrogen-bond donors (Lipinski definition) is 1. The lowest BCUT2D eigenvalue weighted by molar-refractivity contribution is 0.0696. The van der Waals surface area contributed by atoms with Crippen LogP contribution in [-0.2, 0) is 0 Å². The fraction of sp³-hybridized carbons (Fsp3) is 0.0909. The first kappa shape index (κ1) is 10.7. The molecule has 0 amide bonds. The van der Waals surface area contributed by atoms with Crippen molar-refractivity contribution in [3.05, 3.63) is 46.7 Å². The van der Waals surface area contributed by atoms with E-state index in [4.69, 9.17) is 16.7 Å². The molecule has 4 nitrogen and oxygen atoms in total. The number of rotatable bonds is 2. The van der Waals surface area contributed by atoms with Gasteiger partial charge in [0.25, 0.3) is 0 Å². The third-order valence-electron chi connectivity index (χ3n) is 2.23. The Morgan fingerprint density at radius 2 is 2.12 bits per heavy atom. The molecule has 16 heavy (non-hydrogen) atoms. The molecular formula is C11H9ClN2O2. The summed E-state index contributed by atoms with van der Waals surface area (Å²) in [5, 5.41) is 13.6. The molecule has 0 fully saturated rings. The first-order chi connectivity index (χ1) is 7.59. The van der Waals surface area contributed by atoms with Crippen LogP contribution in [-0.4, -0.2) is 20.9 Å². The lowest BCUT2D eigenvalue weighted by atomic mass is 10.3. The maximum Gasteiger partial charge on any atom is 0.339 e. The van der Waals surface area contributed by atoms with E-state index in [1.54, 1.807) is 25.1 Å². The van der Waals surface area contributed by atoms with Gasteiger partial charge in [0, 0.05) is 6.20 Å². The van der Waals surface area contributed by atoms with Crippen molar-refractivity contribution >= 4 is 17.6 Å². The molecule has 0 saturated carbocycles. The Kier molecular flexibility index (Phi) is 2.66. The van der Waals surface area contributed by atoms with Gasteiger partial charge >= 0.3 is 5.97 Å². The Balaban J connectivity index is 2.54. The normalized spacial score (nSPS) is 10.4. The zero-order valence-electron chi connectivity index (χ0n) is 8.51. The van der Waals surface area contributed by atoms with Gasteiger partial charge in [0.15, 0.2) is 0 Å². The molecule has 0 spiro atoms. The number of para-hydroxylation sites is 1. The van der Waals surface area contributed by atoms with Crippen LogP contribution in [0.15, 0.2) is 30.5 Å². The summed E-state index contributed by atoms with van der Waals surface area (Å²) in [5.41, 5.74) is 1.31. The zero-order valence-corrected chi connectivity index (χ0v) is 9.27. The van der Waals surface area contributed by atoms with Crippen molar-refractivity contribution in [3.63, 3.8) is 0 Å². The van der Waals surface area contributed by atoms with E-state index < -0.39 is 5.97 Å². The van der Waals surface area contributed by atoms with E-state index in [1.807, 2.05) is 6.07 Å². The van der Waals surface area contributed by atoms with E-state index in [0.717, 1.165) is 0 Å². The fourth-order valence-corrected chi connectivity index (χ4v) is 1.65. The molecule has 0 bridgehead atoms. The molecule has 2 rings (SSSR count). The van der Waals surface area contributed by atoms with Crippen molar-refractivity contribution in [2.75, 3.05) is 0 Å². The molecular weight excluding hydrogens is 228 g/mol. The summed E-state index contributed by atoms with van der Waals surface area (Å²) in [7, 11) is 0. The molecule has 1 aromatic heterocycles. The minimum atomic E-state index is -0.990. The van der Waals surface area contributed by atoms with E-state index in [-0.39, 0.29) is 5.56 Å². The van der Waals surface area contributed by atoms with Crippen LogP contribution < -0.4 is 0 Å². The van der Waals surface area contributed by atoms with Crippen molar-refractivity contribution in [1.82, 2.24) is 9.78 Å². The van der Waals surface area contributed by atoms with Gasteiger partial charge in [0.05, 0.1) is 16.4 Å². The molecule has 0 aliphatic carbocycles. The number of aryl methyl sites for hydroxylation is 1. The molecule has 5 heteroatoms. The van der Waals surface area contributed by atoms with Crippen LogP contribution in [0.2, 0.25) is 5.02 Å². The number of halogens is 1. The maximum absolute atomic E-state index is 10.9. The second kappa shape index (κ2) is 3.98. The van der Waals surface area contributed by atoms with Crippen molar-refractivity contribution in [2.45, 2.75) is 6.92 Å². The molecule has 0 unspecified atom stereocenters. The average molecular weight is 237 g/mol. The molecule has 0 saturated heterocycles. The van der Waals surface area contributed by atoms with Gasteiger partial charge in [-0.15, -0.1) is 0 Å². The van der Waals surface area contributed by atoms with Crippen LogP contribution in [0.5, 0.6) is 0 Å². The summed E-state index contributed by atoms with van der Waals surface area (Å²) in [6.45, 7) is 1.65. The summed E-state index contributed by atoms with van der Waals surface area (Å²) in [6, 6.07) is 7.13. The highest BCUT2D eigenvalue weighted by Crippen LogP contribution is 2.20. The molecule has 0 aliphatic rings. The lowest BCUT2D eigenvalue weighted by Crippen LogP contribution is -1.96. The molecule has 1 heterocycles. The summed E-state index contributed by atoms with van der Waals surface area (Å²) >= 11 is 5.99. The van der Waals surface area contributed by atoms with E-state index >= 15 is 0 Å². The van der Waals surface area contributed by atoms with Gasteiger partial charge in [-0.05, 0) is 19.1 Å². The predicted octanol–water partition coefficient (Wildman–Crippen LogP) is 2.53. The van der Waals surface area contributed by atoms with E-state index in [2.05, 4.69) is 5.10 Å². The van der Waals surface area contributed by atoms with Gasteiger partial charge in [0.1, 0.15) is 5.56 Å². The lowest BCUT2D eigenvalue weighted by Gasteiger charge is -2.02. The topological polar surface area (TPSA) is 55.1 Å². The Morgan fingerprint density at radius 3 is 2.69 bits per heavy atom. The van der Waals surface area contributed by atoms with E-state index in [1.165, 1.54) is 10.9 Å².